The standard InChI is InChI=1S/C29H54N2/c1-4-5-6-7-8-9-10-11-12-13-14-15-16-17-18-19-23-26-29(30-2)31(3)27-28-24-21-20-22-25-28/h20-22,24-25,29-30H,4-19,23,26-27H2,1-3H3. The van der Waals surface area contributed by atoms with Crippen molar-refractivity contribution in [2.24, 2.45) is 0 Å². The summed E-state index contributed by atoms with van der Waals surface area (Å²) >= 11 is 0. The topological polar surface area (TPSA) is 15.3 Å². The Labute approximate surface area is 195 Å². The summed E-state index contributed by atoms with van der Waals surface area (Å²) in [6.07, 6.45) is 26.2. The summed E-state index contributed by atoms with van der Waals surface area (Å²) in [5.41, 5.74) is 1.40. The van der Waals surface area contributed by atoms with Crippen molar-refractivity contribution in [3.63, 3.8) is 0 Å². The molecule has 31 heavy (non-hydrogen) atoms. The first kappa shape index (κ1) is 28.2. The van der Waals surface area contributed by atoms with Gasteiger partial charge in [-0.3, -0.25) is 4.90 Å². The largest absolute Gasteiger partial charge is 0.305 e. The van der Waals surface area contributed by atoms with Crippen molar-refractivity contribution in [2.75, 3.05) is 14.1 Å². The quantitative estimate of drug-likeness (QED) is 0.146. The lowest BCUT2D eigenvalue weighted by atomic mass is 10.0. The van der Waals surface area contributed by atoms with Crippen molar-refractivity contribution >= 4 is 0 Å². The molecule has 0 aliphatic carbocycles. The van der Waals surface area contributed by atoms with Crippen molar-refractivity contribution in [3.05, 3.63) is 35.9 Å². The fourth-order valence-corrected chi connectivity index (χ4v) is 4.63. The summed E-state index contributed by atoms with van der Waals surface area (Å²) in [5, 5.41) is 3.50. The van der Waals surface area contributed by atoms with Crippen LogP contribution in [0.5, 0.6) is 0 Å². The Hall–Kier alpha value is -0.860. The van der Waals surface area contributed by atoms with E-state index in [0.717, 1.165) is 6.54 Å². The van der Waals surface area contributed by atoms with E-state index in [0.29, 0.717) is 6.17 Å². The molecule has 2 nitrogen and oxygen atoms in total. The molecule has 0 saturated carbocycles. The third-order valence-electron chi connectivity index (χ3n) is 6.72. The van der Waals surface area contributed by atoms with Crippen LogP contribution >= 0.6 is 0 Å². The number of benzene rings is 1. The van der Waals surface area contributed by atoms with Gasteiger partial charge in [-0.2, -0.15) is 0 Å². The van der Waals surface area contributed by atoms with Crippen molar-refractivity contribution in [1.29, 1.82) is 0 Å². The Kier molecular flexibility index (Phi) is 19.1. The molecule has 0 fully saturated rings. The average molecular weight is 431 g/mol. The molecule has 1 unspecified atom stereocenters. The van der Waals surface area contributed by atoms with Gasteiger partial charge >= 0.3 is 0 Å². The number of hydrogen-bond donors (Lipinski definition) is 1. The van der Waals surface area contributed by atoms with E-state index < -0.39 is 0 Å². The molecular formula is C29H54N2. The zero-order valence-electron chi connectivity index (χ0n) is 21.3. The van der Waals surface area contributed by atoms with Crippen LogP contribution in [-0.4, -0.2) is 25.2 Å². The molecule has 0 heterocycles. The van der Waals surface area contributed by atoms with Gasteiger partial charge < -0.3 is 5.32 Å². The summed E-state index contributed by atoms with van der Waals surface area (Å²) in [7, 11) is 4.33. The zero-order chi connectivity index (χ0) is 22.4. The van der Waals surface area contributed by atoms with E-state index >= 15 is 0 Å². The normalized spacial score (nSPS) is 12.5. The van der Waals surface area contributed by atoms with Crippen molar-refractivity contribution in [1.82, 2.24) is 10.2 Å². The summed E-state index contributed by atoms with van der Waals surface area (Å²) in [6.45, 7) is 3.32. The van der Waals surface area contributed by atoms with Crippen LogP contribution in [0.4, 0.5) is 0 Å². The Morgan fingerprint density at radius 3 is 1.48 bits per heavy atom. The average Bonchev–Trinajstić information content (AvgIpc) is 2.79. The second kappa shape index (κ2) is 21.0. The second-order valence-corrected chi connectivity index (χ2v) is 9.65. The lowest BCUT2D eigenvalue weighted by Gasteiger charge is -2.28. The van der Waals surface area contributed by atoms with Gasteiger partial charge in [0.05, 0.1) is 6.17 Å². The van der Waals surface area contributed by atoms with Crippen LogP contribution in [0.25, 0.3) is 0 Å². The van der Waals surface area contributed by atoms with E-state index in [1.54, 1.807) is 0 Å². The predicted molar refractivity (Wildman–Crippen MR) is 140 cm³/mol. The SMILES string of the molecule is CCCCCCCCCCCCCCCCCCCC(NC)N(C)Cc1ccccc1. The molecule has 0 aliphatic rings. The number of unbranched alkanes of at least 4 members (excludes halogenated alkanes) is 16. The van der Waals surface area contributed by atoms with Crippen molar-refractivity contribution in [2.45, 2.75) is 135 Å². The van der Waals surface area contributed by atoms with Gasteiger partial charge in [0.15, 0.2) is 0 Å². The molecule has 1 aromatic rings. The van der Waals surface area contributed by atoms with Gasteiger partial charge in [-0.25, -0.2) is 0 Å². The molecule has 1 rings (SSSR count). The molecule has 0 bridgehead atoms. The van der Waals surface area contributed by atoms with Crippen LogP contribution in [-0.2, 0) is 6.54 Å². The van der Waals surface area contributed by atoms with Crippen LogP contribution in [0.1, 0.15) is 128 Å². The molecule has 0 amide bonds. The fraction of sp³-hybridized carbons (Fsp3) is 0.793. The molecule has 1 N–H and O–H groups in total. The Balaban J connectivity index is 1.86. The lowest BCUT2D eigenvalue weighted by Crippen LogP contribution is -2.41. The first-order chi connectivity index (χ1) is 15.3. The molecule has 0 spiro atoms. The summed E-state index contributed by atoms with van der Waals surface area (Å²) in [6, 6.07) is 10.8. The molecule has 1 aromatic carbocycles. The van der Waals surface area contributed by atoms with Gasteiger partial charge in [0.1, 0.15) is 0 Å². The highest BCUT2D eigenvalue weighted by Gasteiger charge is 2.12. The van der Waals surface area contributed by atoms with Crippen LogP contribution in [0.2, 0.25) is 0 Å². The van der Waals surface area contributed by atoms with E-state index in [1.807, 2.05) is 0 Å². The van der Waals surface area contributed by atoms with Gasteiger partial charge in [-0.15, -0.1) is 0 Å². The number of nitrogens with zero attached hydrogens (tertiary/aromatic N) is 1. The smallest absolute Gasteiger partial charge is 0.0595 e. The third-order valence-corrected chi connectivity index (χ3v) is 6.72. The van der Waals surface area contributed by atoms with Crippen LogP contribution in [0, 0.1) is 0 Å². The molecular weight excluding hydrogens is 376 g/mol. The summed E-state index contributed by atoms with van der Waals surface area (Å²) in [5.74, 6) is 0. The maximum Gasteiger partial charge on any atom is 0.0595 e. The second-order valence-electron chi connectivity index (χ2n) is 9.65. The van der Waals surface area contributed by atoms with Crippen molar-refractivity contribution < 1.29 is 0 Å². The highest BCUT2D eigenvalue weighted by atomic mass is 15.2. The van der Waals surface area contributed by atoms with Gasteiger partial charge in [-0.05, 0) is 26.1 Å². The predicted octanol–water partition coefficient (Wildman–Crippen LogP) is 8.71. The highest BCUT2D eigenvalue weighted by molar-refractivity contribution is 5.14. The van der Waals surface area contributed by atoms with Crippen LogP contribution in [0.3, 0.4) is 0 Å². The van der Waals surface area contributed by atoms with Crippen LogP contribution in [0.15, 0.2) is 30.3 Å². The van der Waals surface area contributed by atoms with E-state index in [2.05, 4.69) is 61.6 Å². The number of rotatable bonds is 22. The molecule has 1 atom stereocenters. The molecule has 180 valence electrons. The minimum absolute atomic E-state index is 0.483. The Morgan fingerprint density at radius 1 is 0.645 bits per heavy atom. The molecule has 0 aliphatic heterocycles. The molecule has 0 aromatic heterocycles. The van der Waals surface area contributed by atoms with E-state index in [4.69, 9.17) is 0 Å². The minimum Gasteiger partial charge on any atom is -0.305 e. The van der Waals surface area contributed by atoms with E-state index in [1.165, 1.54) is 121 Å². The van der Waals surface area contributed by atoms with Gasteiger partial charge in [0.2, 0.25) is 0 Å². The maximum atomic E-state index is 3.50. The lowest BCUT2D eigenvalue weighted by molar-refractivity contribution is 0.190. The monoisotopic (exact) mass is 430 g/mol. The Bertz CT molecular complexity index is 473. The molecule has 0 radical (unpaired) electrons. The minimum atomic E-state index is 0.483. The summed E-state index contributed by atoms with van der Waals surface area (Å²) in [4.78, 5) is 2.45. The van der Waals surface area contributed by atoms with Gasteiger partial charge in [0, 0.05) is 6.54 Å². The maximum absolute atomic E-state index is 3.50. The van der Waals surface area contributed by atoms with E-state index in [-0.39, 0.29) is 0 Å². The number of hydrogen-bond acceptors (Lipinski definition) is 2. The van der Waals surface area contributed by atoms with Gasteiger partial charge in [-0.1, -0.05) is 146 Å². The highest BCUT2D eigenvalue weighted by Crippen LogP contribution is 2.15. The third kappa shape index (κ3) is 16.4. The summed E-state index contributed by atoms with van der Waals surface area (Å²) < 4.78 is 0. The van der Waals surface area contributed by atoms with Crippen LogP contribution < -0.4 is 5.32 Å². The molecule has 2 heteroatoms. The first-order valence-electron chi connectivity index (χ1n) is 13.7. The Morgan fingerprint density at radius 2 is 1.06 bits per heavy atom. The van der Waals surface area contributed by atoms with E-state index in [9.17, 15) is 0 Å². The first-order valence-corrected chi connectivity index (χ1v) is 13.7. The van der Waals surface area contributed by atoms with Crippen molar-refractivity contribution in [3.8, 4) is 0 Å². The van der Waals surface area contributed by atoms with Gasteiger partial charge in [0.25, 0.3) is 0 Å². The number of nitrogens with one attached hydrogen (secondary N) is 1. The molecule has 0 saturated heterocycles. The fourth-order valence-electron chi connectivity index (χ4n) is 4.63. The zero-order valence-corrected chi connectivity index (χ0v) is 21.3.